The maximum atomic E-state index is 4.73. The molecule has 3 heterocycles. The van der Waals surface area contributed by atoms with Gasteiger partial charge in [0.1, 0.15) is 11.6 Å². The molecule has 25 heavy (non-hydrogen) atoms. The van der Waals surface area contributed by atoms with Gasteiger partial charge in [0, 0.05) is 43.6 Å². The first-order valence-corrected chi connectivity index (χ1v) is 8.45. The highest BCUT2D eigenvalue weighted by molar-refractivity contribution is 5.86. The predicted molar refractivity (Wildman–Crippen MR) is 101 cm³/mol. The van der Waals surface area contributed by atoms with Crippen LogP contribution in [0.15, 0.2) is 24.7 Å². The highest BCUT2D eigenvalue weighted by Crippen LogP contribution is 2.25. The number of fused-ring (bicyclic) bond motifs is 1. The van der Waals surface area contributed by atoms with Crippen LogP contribution in [-0.4, -0.2) is 37.8 Å². The fraction of sp³-hybridized carbons (Fsp3) is 0.444. The Balaban J connectivity index is 1.75. The Bertz CT molecular complexity index is 877. The zero-order valence-electron chi connectivity index (χ0n) is 15.5. The minimum absolute atomic E-state index is 0.124. The molecule has 3 aromatic rings. The second-order valence-corrected chi connectivity index (χ2v) is 7.20. The number of rotatable bonds is 5. The van der Waals surface area contributed by atoms with Crippen molar-refractivity contribution < 1.29 is 0 Å². The van der Waals surface area contributed by atoms with Gasteiger partial charge in [-0.2, -0.15) is 5.10 Å². The van der Waals surface area contributed by atoms with Crippen molar-refractivity contribution >= 4 is 22.5 Å². The number of hydrogen-bond acceptors (Lipinski definition) is 6. The summed E-state index contributed by atoms with van der Waals surface area (Å²) in [5.41, 5.74) is 2.96. The third-order valence-corrected chi connectivity index (χ3v) is 4.02. The van der Waals surface area contributed by atoms with Gasteiger partial charge in [0.2, 0.25) is 0 Å². The normalized spacial score (nSPS) is 11.7. The van der Waals surface area contributed by atoms with Crippen LogP contribution in [0.1, 0.15) is 32.2 Å². The van der Waals surface area contributed by atoms with Gasteiger partial charge in [0.05, 0.1) is 11.6 Å². The van der Waals surface area contributed by atoms with Gasteiger partial charge < -0.3 is 10.6 Å². The predicted octanol–water partition coefficient (Wildman–Crippen LogP) is 2.89. The maximum absolute atomic E-state index is 4.73. The lowest BCUT2D eigenvalue weighted by Gasteiger charge is -2.18. The Morgan fingerprint density at radius 1 is 1.08 bits per heavy atom. The first-order valence-electron chi connectivity index (χ1n) is 8.45. The first kappa shape index (κ1) is 17.1. The largest absolute Gasteiger partial charge is 0.383 e. The topological polar surface area (TPSA) is 80.6 Å². The van der Waals surface area contributed by atoms with E-state index in [2.05, 4.69) is 46.5 Å². The van der Waals surface area contributed by atoms with Crippen molar-refractivity contribution in [3.63, 3.8) is 0 Å². The smallest absolute Gasteiger partial charge is 0.163 e. The molecule has 0 radical (unpaired) electrons. The van der Waals surface area contributed by atoms with Gasteiger partial charge in [0.25, 0.3) is 0 Å². The van der Waals surface area contributed by atoms with E-state index in [1.165, 1.54) is 0 Å². The molecule has 132 valence electrons. The molecule has 3 rings (SSSR count). The van der Waals surface area contributed by atoms with Gasteiger partial charge in [-0.3, -0.25) is 9.67 Å². The van der Waals surface area contributed by atoms with Crippen LogP contribution < -0.4 is 10.6 Å². The van der Waals surface area contributed by atoms with Gasteiger partial charge in [-0.05, 0) is 18.6 Å². The quantitative estimate of drug-likeness (QED) is 0.696. The summed E-state index contributed by atoms with van der Waals surface area (Å²) in [4.78, 5) is 13.5. The Morgan fingerprint density at radius 3 is 2.56 bits per heavy atom. The molecule has 2 N–H and O–H groups in total. The first-order chi connectivity index (χ1) is 11.9. The molecule has 0 aromatic carbocycles. The van der Waals surface area contributed by atoms with E-state index >= 15 is 0 Å². The Hall–Kier alpha value is -2.70. The molecular formula is C18H25N7. The summed E-state index contributed by atoms with van der Waals surface area (Å²) >= 11 is 0. The van der Waals surface area contributed by atoms with Crippen molar-refractivity contribution in [3.8, 4) is 0 Å². The van der Waals surface area contributed by atoms with E-state index in [0.717, 1.165) is 47.0 Å². The standard InChI is InChI=1S/C18H25N7/c1-12-10-19-7-6-14(12)20-8-9-21-15-13-11-22-25(5)16(13)24-17(23-15)18(2,3)4/h6-7,10-11H,8-9H2,1-5H3,(H,19,20)(H,21,23,24). The number of hydrogen-bond donors (Lipinski definition) is 2. The van der Waals surface area contributed by atoms with Crippen molar-refractivity contribution in [1.29, 1.82) is 0 Å². The molecule has 0 amide bonds. The van der Waals surface area contributed by atoms with Crippen LogP contribution in [0.4, 0.5) is 11.5 Å². The summed E-state index contributed by atoms with van der Waals surface area (Å²) in [6.07, 6.45) is 5.46. The van der Waals surface area contributed by atoms with Crippen molar-refractivity contribution in [3.05, 3.63) is 36.0 Å². The molecule has 0 unspecified atom stereocenters. The monoisotopic (exact) mass is 339 g/mol. The summed E-state index contributed by atoms with van der Waals surface area (Å²) in [6, 6.07) is 1.98. The molecule has 0 spiro atoms. The highest BCUT2D eigenvalue weighted by Gasteiger charge is 2.21. The minimum atomic E-state index is -0.124. The Morgan fingerprint density at radius 2 is 1.84 bits per heavy atom. The number of nitrogens with one attached hydrogen (secondary N) is 2. The van der Waals surface area contributed by atoms with Crippen LogP contribution in [0, 0.1) is 6.92 Å². The fourth-order valence-electron chi connectivity index (χ4n) is 2.54. The average Bonchev–Trinajstić information content (AvgIpc) is 2.94. The fourth-order valence-corrected chi connectivity index (χ4v) is 2.54. The van der Waals surface area contributed by atoms with Crippen molar-refractivity contribution in [1.82, 2.24) is 24.7 Å². The summed E-state index contributed by atoms with van der Waals surface area (Å²) in [6.45, 7) is 9.90. The second kappa shape index (κ2) is 6.66. The summed E-state index contributed by atoms with van der Waals surface area (Å²) in [7, 11) is 1.90. The molecule has 0 aliphatic rings. The summed E-state index contributed by atoms with van der Waals surface area (Å²) in [5, 5.41) is 12.1. The maximum Gasteiger partial charge on any atom is 0.163 e. The van der Waals surface area contributed by atoms with E-state index < -0.39 is 0 Å². The molecule has 0 fully saturated rings. The van der Waals surface area contributed by atoms with Crippen LogP contribution in [0.5, 0.6) is 0 Å². The molecule has 0 atom stereocenters. The summed E-state index contributed by atoms with van der Waals surface area (Å²) in [5.74, 6) is 1.64. The molecule has 0 bridgehead atoms. The van der Waals surface area contributed by atoms with Crippen molar-refractivity contribution in [2.45, 2.75) is 33.1 Å². The molecule has 0 aliphatic heterocycles. The van der Waals surface area contributed by atoms with Crippen LogP contribution in [0.2, 0.25) is 0 Å². The zero-order chi connectivity index (χ0) is 18.0. The lowest BCUT2D eigenvalue weighted by Crippen LogP contribution is -2.20. The Labute approximate surface area is 147 Å². The number of nitrogens with zero attached hydrogens (tertiary/aromatic N) is 5. The SMILES string of the molecule is Cc1cnccc1NCCNc1nc(C(C)(C)C)nc2c1cnn2C. The van der Waals surface area contributed by atoms with Gasteiger partial charge in [-0.25, -0.2) is 9.97 Å². The van der Waals surface area contributed by atoms with Crippen LogP contribution in [0.25, 0.3) is 11.0 Å². The highest BCUT2D eigenvalue weighted by atomic mass is 15.3. The number of anilines is 2. The number of aryl methyl sites for hydroxylation is 2. The molecule has 0 saturated heterocycles. The summed E-state index contributed by atoms with van der Waals surface area (Å²) < 4.78 is 1.79. The average molecular weight is 339 g/mol. The van der Waals surface area contributed by atoms with E-state index in [0.29, 0.717) is 0 Å². The van der Waals surface area contributed by atoms with Crippen molar-refractivity contribution in [2.75, 3.05) is 23.7 Å². The van der Waals surface area contributed by atoms with Crippen LogP contribution in [0.3, 0.4) is 0 Å². The van der Waals surface area contributed by atoms with Gasteiger partial charge in [0.15, 0.2) is 5.65 Å². The van der Waals surface area contributed by atoms with E-state index in [4.69, 9.17) is 4.98 Å². The molecule has 3 aromatic heterocycles. The molecule has 7 heteroatoms. The van der Waals surface area contributed by atoms with E-state index in [9.17, 15) is 0 Å². The third kappa shape index (κ3) is 3.70. The number of aromatic nitrogens is 5. The van der Waals surface area contributed by atoms with Gasteiger partial charge in [-0.15, -0.1) is 0 Å². The zero-order valence-corrected chi connectivity index (χ0v) is 15.5. The van der Waals surface area contributed by atoms with Gasteiger partial charge in [-0.1, -0.05) is 20.8 Å². The molecule has 7 nitrogen and oxygen atoms in total. The molecule has 0 aliphatic carbocycles. The minimum Gasteiger partial charge on any atom is -0.383 e. The Kier molecular flexibility index (Phi) is 4.57. The van der Waals surface area contributed by atoms with Crippen LogP contribution in [-0.2, 0) is 12.5 Å². The van der Waals surface area contributed by atoms with Crippen molar-refractivity contribution in [2.24, 2.45) is 7.05 Å². The van der Waals surface area contributed by atoms with E-state index in [-0.39, 0.29) is 5.41 Å². The second-order valence-electron chi connectivity index (χ2n) is 7.20. The lowest BCUT2D eigenvalue weighted by atomic mass is 9.95. The lowest BCUT2D eigenvalue weighted by molar-refractivity contribution is 0.547. The van der Waals surface area contributed by atoms with E-state index in [1.807, 2.05) is 32.4 Å². The third-order valence-electron chi connectivity index (χ3n) is 4.02. The van der Waals surface area contributed by atoms with E-state index in [1.54, 1.807) is 10.9 Å². The molecule has 0 saturated carbocycles. The number of pyridine rings is 1. The molecular weight excluding hydrogens is 314 g/mol. The van der Waals surface area contributed by atoms with Crippen LogP contribution >= 0.6 is 0 Å². The van der Waals surface area contributed by atoms with Gasteiger partial charge >= 0.3 is 0 Å².